The number of hydrogen-bond acceptors (Lipinski definition) is 6. The molecule has 0 N–H and O–H groups in total. The minimum absolute atomic E-state index is 0.121. The Labute approximate surface area is 164 Å². The number of ether oxygens (including phenoxy) is 2. The van der Waals surface area contributed by atoms with Gasteiger partial charge in [-0.1, -0.05) is 30.6 Å². The fourth-order valence-electron chi connectivity index (χ4n) is 2.48. The SMILES string of the molecule is CCN(CC)CCN(C)C(=O)c1cc(COc2ccc(OC)cc2Cl)on1. The van der Waals surface area contributed by atoms with Gasteiger partial charge in [0.25, 0.3) is 5.91 Å². The Morgan fingerprint density at radius 2 is 1.96 bits per heavy atom. The Balaban J connectivity index is 1.91. The number of nitrogens with zero attached hydrogens (tertiary/aromatic N) is 3. The summed E-state index contributed by atoms with van der Waals surface area (Å²) in [5.74, 6) is 1.41. The van der Waals surface area contributed by atoms with Gasteiger partial charge in [0.1, 0.15) is 18.1 Å². The first-order chi connectivity index (χ1) is 13.0. The molecule has 2 rings (SSSR count). The minimum Gasteiger partial charge on any atom is -0.497 e. The summed E-state index contributed by atoms with van der Waals surface area (Å²) < 4.78 is 15.9. The highest BCUT2D eigenvalue weighted by Gasteiger charge is 2.18. The highest BCUT2D eigenvalue weighted by Crippen LogP contribution is 2.29. The van der Waals surface area contributed by atoms with E-state index in [1.807, 2.05) is 0 Å². The van der Waals surface area contributed by atoms with E-state index in [1.165, 1.54) is 0 Å². The largest absolute Gasteiger partial charge is 0.497 e. The van der Waals surface area contributed by atoms with Gasteiger partial charge in [0.2, 0.25) is 0 Å². The molecule has 8 heteroatoms. The van der Waals surface area contributed by atoms with Crippen LogP contribution >= 0.6 is 11.6 Å². The smallest absolute Gasteiger partial charge is 0.275 e. The third kappa shape index (κ3) is 5.87. The van der Waals surface area contributed by atoms with E-state index < -0.39 is 0 Å². The summed E-state index contributed by atoms with van der Waals surface area (Å²) in [6, 6.07) is 6.72. The van der Waals surface area contributed by atoms with Crippen LogP contribution < -0.4 is 9.47 Å². The summed E-state index contributed by atoms with van der Waals surface area (Å²) in [5, 5.41) is 4.29. The fraction of sp³-hybridized carbons (Fsp3) is 0.474. The molecule has 0 aliphatic heterocycles. The van der Waals surface area contributed by atoms with E-state index in [2.05, 4.69) is 23.9 Å². The Bertz CT molecular complexity index is 746. The number of methoxy groups -OCH3 is 1. The second-order valence-corrected chi connectivity index (χ2v) is 6.42. The Hall–Kier alpha value is -2.25. The van der Waals surface area contributed by atoms with Crippen LogP contribution in [-0.2, 0) is 6.61 Å². The van der Waals surface area contributed by atoms with Crippen LogP contribution in [0.1, 0.15) is 30.1 Å². The number of halogens is 1. The first kappa shape index (κ1) is 21.1. The van der Waals surface area contributed by atoms with E-state index in [4.69, 9.17) is 25.6 Å². The van der Waals surface area contributed by atoms with Gasteiger partial charge in [0.05, 0.1) is 12.1 Å². The molecule has 1 aromatic carbocycles. The van der Waals surface area contributed by atoms with Crippen LogP contribution in [0.15, 0.2) is 28.8 Å². The Kier molecular flexibility index (Phi) is 7.94. The van der Waals surface area contributed by atoms with E-state index in [1.54, 1.807) is 43.3 Å². The minimum atomic E-state index is -0.181. The molecular formula is C19H26ClN3O4. The molecule has 0 unspecified atom stereocenters. The zero-order valence-electron chi connectivity index (χ0n) is 16.2. The standard InChI is InChI=1S/C19H26ClN3O4/c1-5-23(6-2)10-9-22(3)19(24)17-12-15(27-21-17)13-26-18-8-7-14(25-4)11-16(18)20/h7-8,11-12H,5-6,9-10,13H2,1-4H3. The van der Waals surface area contributed by atoms with Gasteiger partial charge in [-0.3, -0.25) is 4.79 Å². The third-order valence-electron chi connectivity index (χ3n) is 4.28. The van der Waals surface area contributed by atoms with Gasteiger partial charge in [-0.25, -0.2) is 0 Å². The molecular weight excluding hydrogens is 370 g/mol. The molecule has 148 valence electrons. The highest BCUT2D eigenvalue weighted by atomic mass is 35.5. The molecule has 0 saturated heterocycles. The van der Waals surface area contributed by atoms with E-state index >= 15 is 0 Å². The van der Waals surface area contributed by atoms with Gasteiger partial charge in [0.15, 0.2) is 11.5 Å². The molecule has 1 amide bonds. The molecule has 0 spiro atoms. The van der Waals surface area contributed by atoms with Crippen molar-refractivity contribution in [2.24, 2.45) is 0 Å². The lowest BCUT2D eigenvalue weighted by atomic mass is 10.3. The van der Waals surface area contributed by atoms with Crippen LogP contribution in [0.25, 0.3) is 0 Å². The Morgan fingerprint density at radius 1 is 1.22 bits per heavy atom. The van der Waals surface area contributed by atoms with Gasteiger partial charge in [-0.2, -0.15) is 0 Å². The van der Waals surface area contributed by atoms with Crippen LogP contribution in [0.5, 0.6) is 11.5 Å². The molecule has 27 heavy (non-hydrogen) atoms. The molecule has 0 aliphatic carbocycles. The second-order valence-electron chi connectivity index (χ2n) is 6.02. The number of aromatic nitrogens is 1. The van der Waals surface area contributed by atoms with E-state index in [-0.39, 0.29) is 18.2 Å². The quantitative estimate of drug-likeness (QED) is 0.614. The average Bonchev–Trinajstić information content (AvgIpc) is 3.15. The molecule has 0 atom stereocenters. The monoisotopic (exact) mass is 395 g/mol. The Morgan fingerprint density at radius 3 is 2.59 bits per heavy atom. The van der Waals surface area contributed by atoms with Crippen molar-refractivity contribution < 1.29 is 18.8 Å². The first-order valence-corrected chi connectivity index (χ1v) is 9.26. The summed E-state index contributed by atoms with van der Waals surface area (Å²) in [7, 11) is 3.33. The van der Waals surface area contributed by atoms with Crippen molar-refractivity contribution in [2.75, 3.05) is 40.3 Å². The van der Waals surface area contributed by atoms with Crippen molar-refractivity contribution >= 4 is 17.5 Å². The fourth-order valence-corrected chi connectivity index (χ4v) is 2.71. The predicted molar refractivity (Wildman–Crippen MR) is 104 cm³/mol. The van der Waals surface area contributed by atoms with Crippen molar-refractivity contribution in [1.29, 1.82) is 0 Å². The highest BCUT2D eigenvalue weighted by molar-refractivity contribution is 6.32. The topological polar surface area (TPSA) is 68.0 Å². The number of benzene rings is 1. The lowest BCUT2D eigenvalue weighted by Gasteiger charge is -2.22. The van der Waals surface area contributed by atoms with Crippen molar-refractivity contribution in [1.82, 2.24) is 15.0 Å². The maximum absolute atomic E-state index is 12.5. The summed E-state index contributed by atoms with van der Waals surface area (Å²) in [4.78, 5) is 16.3. The number of carbonyl (C=O) groups is 1. The molecule has 0 saturated carbocycles. The molecule has 2 aromatic rings. The lowest BCUT2D eigenvalue weighted by molar-refractivity contribution is 0.0769. The molecule has 1 aromatic heterocycles. The average molecular weight is 396 g/mol. The van der Waals surface area contributed by atoms with Crippen LogP contribution in [-0.4, -0.2) is 61.2 Å². The molecule has 0 radical (unpaired) electrons. The van der Waals surface area contributed by atoms with E-state index in [9.17, 15) is 4.79 Å². The van der Waals surface area contributed by atoms with Crippen LogP contribution in [0.2, 0.25) is 5.02 Å². The molecule has 0 fully saturated rings. The van der Waals surface area contributed by atoms with Crippen LogP contribution in [0.4, 0.5) is 0 Å². The lowest BCUT2D eigenvalue weighted by Crippen LogP contribution is -2.36. The van der Waals surface area contributed by atoms with Gasteiger partial charge >= 0.3 is 0 Å². The van der Waals surface area contributed by atoms with E-state index in [0.717, 1.165) is 19.6 Å². The maximum Gasteiger partial charge on any atom is 0.275 e. The zero-order chi connectivity index (χ0) is 19.8. The summed E-state index contributed by atoms with van der Waals surface area (Å²) in [6.45, 7) is 7.68. The van der Waals surface area contributed by atoms with Gasteiger partial charge in [0, 0.05) is 32.3 Å². The number of rotatable bonds is 10. The third-order valence-corrected chi connectivity index (χ3v) is 4.58. The number of likely N-dealkylation sites (N-methyl/N-ethyl adjacent to an activating group) is 2. The molecule has 0 bridgehead atoms. The van der Waals surface area contributed by atoms with Gasteiger partial charge in [-0.05, 0) is 25.2 Å². The first-order valence-electron chi connectivity index (χ1n) is 8.88. The van der Waals surface area contributed by atoms with Crippen molar-refractivity contribution in [3.63, 3.8) is 0 Å². The summed E-state index contributed by atoms with van der Waals surface area (Å²) in [5.41, 5.74) is 0.261. The normalized spacial score (nSPS) is 10.9. The number of hydrogen-bond donors (Lipinski definition) is 0. The van der Waals surface area contributed by atoms with Gasteiger partial charge < -0.3 is 23.8 Å². The van der Waals surface area contributed by atoms with E-state index in [0.29, 0.717) is 28.8 Å². The van der Waals surface area contributed by atoms with Crippen LogP contribution in [0.3, 0.4) is 0 Å². The summed E-state index contributed by atoms with van der Waals surface area (Å²) >= 11 is 6.14. The van der Waals surface area contributed by atoms with Gasteiger partial charge in [-0.15, -0.1) is 0 Å². The molecule has 7 nitrogen and oxygen atoms in total. The maximum atomic E-state index is 12.5. The second kappa shape index (κ2) is 10.2. The zero-order valence-corrected chi connectivity index (χ0v) is 17.0. The van der Waals surface area contributed by atoms with Crippen LogP contribution in [0, 0.1) is 0 Å². The number of amides is 1. The molecule has 0 aliphatic rings. The molecule has 1 heterocycles. The van der Waals surface area contributed by atoms with Crippen molar-refractivity contribution in [3.8, 4) is 11.5 Å². The predicted octanol–water partition coefficient (Wildman–Crippen LogP) is 3.33. The number of carbonyl (C=O) groups excluding carboxylic acids is 1. The van der Waals surface area contributed by atoms with Crippen molar-refractivity contribution in [2.45, 2.75) is 20.5 Å². The van der Waals surface area contributed by atoms with Crippen molar-refractivity contribution in [3.05, 3.63) is 40.7 Å². The summed E-state index contributed by atoms with van der Waals surface area (Å²) in [6.07, 6.45) is 0.